The first-order valence-corrected chi connectivity index (χ1v) is 5.38. The topological polar surface area (TPSA) is 12.9 Å². The first-order chi connectivity index (χ1) is 6.47. The molecule has 1 heterocycles. The maximum Gasteiger partial charge on any atom is 0.0434 e. The number of hydrogen-bond donors (Lipinski definition) is 0. The fourth-order valence-electron chi connectivity index (χ4n) is 2.19. The Morgan fingerprint density at radius 1 is 1.00 bits per heavy atom. The molecule has 0 N–H and O–H groups in total. The molecule has 0 aromatic carbocycles. The number of hydrogen-bond acceptors (Lipinski definition) is 1. The first kappa shape index (κ1) is 11.5. The Bertz CT molecular complexity index is 240. The summed E-state index contributed by atoms with van der Waals surface area (Å²) in [6, 6.07) is 6.28. The van der Waals surface area contributed by atoms with E-state index in [0.29, 0.717) is 0 Å². The highest BCUT2D eigenvalue weighted by Crippen LogP contribution is 2.29. The largest absolute Gasteiger partial charge is 0.261 e. The lowest BCUT2D eigenvalue weighted by molar-refractivity contribution is 0.578. The Morgan fingerprint density at radius 2 is 1.71 bits per heavy atom. The quantitative estimate of drug-likeness (QED) is 0.642. The molecule has 78 valence electrons. The molecule has 1 nitrogen and oxygen atoms in total. The smallest absolute Gasteiger partial charge is 0.0434 e. The molecule has 2 rings (SSSR count). The van der Waals surface area contributed by atoms with Crippen LogP contribution in [0.2, 0.25) is 0 Å². The van der Waals surface area contributed by atoms with E-state index < -0.39 is 0 Å². The van der Waals surface area contributed by atoms with E-state index in [4.69, 9.17) is 0 Å². The summed E-state index contributed by atoms with van der Waals surface area (Å²) in [5.74, 6) is 0.740. The van der Waals surface area contributed by atoms with Gasteiger partial charge < -0.3 is 0 Å². The number of rotatable bonds is 1. The second-order valence-corrected chi connectivity index (χ2v) is 3.94. The van der Waals surface area contributed by atoms with Crippen LogP contribution in [0.3, 0.4) is 0 Å². The molecule has 0 radical (unpaired) electrons. The van der Waals surface area contributed by atoms with Gasteiger partial charge in [-0.1, -0.05) is 31.7 Å². The number of pyridine rings is 1. The van der Waals surface area contributed by atoms with Crippen molar-refractivity contribution in [2.45, 2.75) is 44.4 Å². The Hall–Kier alpha value is -0.560. The first-order valence-electron chi connectivity index (χ1n) is 5.38. The van der Waals surface area contributed by atoms with Gasteiger partial charge in [-0.3, -0.25) is 4.98 Å². The summed E-state index contributed by atoms with van der Waals surface area (Å²) in [6.07, 6.45) is 10.2. The van der Waals surface area contributed by atoms with Crippen molar-refractivity contribution in [3.8, 4) is 0 Å². The van der Waals surface area contributed by atoms with E-state index >= 15 is 0 Å². The van der Waals surface area contributed by atoms with Gasteiger partial charge in [0.05, 0.1) is 0 Å². The standard InChI is InChI=1S/C12H17N.ClH/c1-2-4-8-11(7-3-1)12-9-5-6-10-13-12;/h5-6,9-11H,1-4,7-8H2;1H. The highest BCUT2D eigenvalue weighted by molar-refractivity contribution is 5.85. The number of halogens is 1. The van der Waals surface area contributed by atoms with E-state index in [9.17, 15) is 0 Å². The molecular weight excluding hydrogens is 194 g/mol. The van der Waals surface area contributed by atoms with Gasteiger partial charge in [0.15, 0.2) is 0 Å². The van der Waals surface area contributed by atoms with Crippen LogP contribution in [0, 0.1) is 0 Å². The molecule has 0 aliphatic heterocycles. The molecule has 1 saturated carbocycles. The van der Waals surface area contributed by atoms with Gasteiger partial charge in [-0.25, -0.2) is 0 Å². The van der Waals surface area contributed by atoms with Gasteiger partial charge >= 0.3 is 0 Å². The fraction of sp³-hybridized carbons (Fsp3) is 0.583. The van der Waals surface area contributed by atoms with Crippen LogP contribution >= 0.6 is 12.4 Å². The molecular formula is C12H18ClN. The molecule has 0 atom stereocenters. The summed E-state index contributed by atoms with van der Waals surface area (Å²) in [6.45, 7) is 0. The molecule has 2 heteroatoms. The van der Waals surface area contributed by atoms with E-state index in [2.05, 4.69) is 17.1 Å². The van der Waals surface area contributed by atoms with Gasteiger partial charge in [-0.2, -0.15) is 0 Å². The summed E-state index contributed by atoms with van der Waals surface area (Å²) in [5, 5.41) is 0. The Balaban J connectivity index is 0.000000980. The monoisotopic (exact) mass is 211 g/mol. The highest BCUT2D eigenvalue weighted by Gasteiger charge is 2.14. The number of aromatic nitrogens is 1. The third kappa shape index (κ3) is 2.98. The minimum absolute atomic E-state index is 0. The predicted molar refractivity (Wildman–Crippen MR) is 61.9 cm³/mol. The molecule has 1 aromatic rings. The van der Waals surface area contributed by atoms with Crippen molar-refractivity contribution in [3.63, 3.8) is 0 Å². The summed E-state index contributed by atoms with van der Waals surface area (Å²) in [5.41, 5.74) is 1.31. The van der Waals surface area contributed by atoms with Crippen LogP contribution in [0.5, 0.6) is 0 Å². The van der Waals surface area contributed by atoms with Gasteiger partial charge in [0.25, 0.3) is 0 Å². The minimum Gasteiger partial charge on any atom is -0.261 e. The van der Waals surface area contributed by atoms with E-state index in [1.807, 2.05) is 12.3 Å². The van der Waals surface area contributed by atoms with Crippen molar-refractivity contribution in [1.29, 1.82) is 0 Å². The van der Waals surface area contributed by atoms with Crippen molar-refractivity contribution in [2.75, 3.05) is 0 Å². The summed E-state index contributed by atoms with van der Waals surface area (Å²) in [7, 11) is 0. The highest BCUT2D eigenvalue weighted by atomic mass is 35.5. The Morgan fingerprint density at radius 3 is 2.29 bits per heavy atom. The van der Waals surface area contributed by atoms with E-state index in [1.165, 1.54) is 44.2 Å². The van der Waals surface area contributed by atoms with Crippen LogP contribution < -0.4 is 0 Å². The van der Waals surface area contributed by atoms with Crippen LogP contribution in [0.15, 0.2) is 24.4 Å². The average Bonchev–Trinajstić information content (AvgIpc) is 2.47. The van der Waals surface area contributed by atoms with Crippen molar-refractivity contribution >= 4 is 12.4 Å². The second-order valence-electron chi connectivity index (χ2n) is 3.94. The van der Waals surface area contributed by atoms with Crippen LogP contribution in [0.1, 0.15) is 50.1 Å². The second kappa shape index (κ2) is 6.02. The fourth-order valence-corrected chi connectivity index (χ4v) is 2.19. The van der Waals surface area contributed by atoms with Crippen LogP contribution in [0.25, 0.3) is 0 Å². The molecule has 1 fully saturated rings. The third-order valence-electron chi connectivity index (χ3n) is 2.96. The molecule has 0 amide bonds. The SMILES string of the molecule is Cl.c1ccc(C2CCCCCC2)nc1. The van der Waals surface area contributed by atoms with Gasteiger partial charge in [0.1, 0.15) is 0 Å². The molecule has 1 aliphatic rings. The molecule has 0 bridgehead atoms. The lowest BCUT2D eigenvalue weighted by Gasteiger charge is -2.12. The molecule has 0 spiro atoms. The molecule has 1 aromatic heterocycles. The number of nitrogens with zero attached hydrogens (tertiary/aromatic N) is 1. The lowest BCUT2D eigenvalue weighted by Crippen LogP contribution is -1.99. The zero-order chi connectivity index (χ0) is 8.93. The maximum atomic E-state index is 4.44. The van der Waals surface area contributed by atoms with Crippen LogP contribution in [0.4, 0.5) is 0 Å². The minimum atomic E-state index is 0. The molecule has 0 saturated heterocycles. The summed E-state index contributed by atoms with van der Waals surface area (Å²) < 4.78 is 0. The third-order valence-corrected chi connectivity index (χ3v) is 2.96. The predicted octanol–water partition coefficient (Wildman–Crippen LogP) is 3.94. The summed E-state index contributed by atoms with van der Waals surface area (Å²) in [4.78, 5) is 4.44. The normalized spacial score (nSPS) is 18.3. The Labute approximate surface area is 92.4 Å². The van der Waals surface area contributed by atoms with Gasteiger partial charge in [-0.05, 0) is 25.0 Å². The van der Waals surface area contributed by atoms with Crippen molar-refractivity contribution < 1.29 is 0 Å². The van der Waals surface area contributed by atoms with E-state index in [-0.39, 0.29) is 12.4 Å². The molecule has 14 heavy (non-hydrogen) atoms. The average molecular weight is 212 g/mol. The lowest BCUT2D eigenvalue weighted by atomic mass is 9.96. The maximum absolute atomic E-state index is 4.44. The van der Waals surface area contributed by atoms with E-state index in [0.717, 1.165) is 5.92 Å². The zero-order valence-electron chi connectivity index (χ0n) is 8.48. The van der Waals surface area contributed by atoms with Gasteiger partial charge in [-0.15, -0.1) is 12.4 Å². The van der Waals surface area contributed by atoms with Gasteiger partial charge in [0.2, 0.25) is 0 Å². The van der Waals surface area contributed by atoms with E-state index in [1.54, 1.807) is 0 Å². The Kier molecular flexibility index (Phi) is 4.95. The van der Waals surface area contributed by atoms with Crippen molar-refractivity contribution in [3.05, 3.63) is 30.1 Å². The van der Waals surface area contributed by atoms with Crippen molar-refractivity contribution in [2.24, 2.45) is 0 Å². The molecule has 0 unspecified atom stereocenters. The van der Waals surface area contributed by atoms with Crippen LogP contribution in [-0.2, 0) is 0 Å². The van der Waals surface area contributed by atoms with Crippen molar-refractivity contribution in [1.82, 2.24) is 4.98 Å². The summed E-state index contributed by atoms with van der Waals surface area (Å²) >= 11 is 0. The van der Waals surface area contributed by atoms with Gasteiger partial charge in [0, 0.05) is 17.8 Å². The zero-order valence-corrected chi connectivity index (χ0v) is 9.30. The van der Waals surface area contributed by atoms with Crippen LogP contribution in [-0.4, -0.2) is 4.98 Å². The molecule has 1 aliphatic carbocycles.